The molecule has 20 atom stereocenters. The summed E-state index contributed by atoms with van der Waals surface area (Å²) in [4.78, 5) is 51.1. The number of urea groups is 1. The van der Waals surface area contributed by atoms with E-state index in [1.807, 2.05) is 19.1 Å². The lowest BCUT2D eigenvalue weighted by Gasteiger charge is -2.46. The number of Topliss-reactive ketones (excluding diaryl/α,β-unsaturated/α-hetero) is 2. The fraction of sp³-hybridized carbons (Fsp3) is 0.660. The maximum Gasteiger partial charge on any atom is 0.314 e. The number of cyclic esters (lactones) is 1. The van der Waals surface area contributed by atoms with Gasteiger partial charge in [-0.3, -0.25) is 14.4 Å². The Morgan fingerprint density at radius 2 is 1.31 bits per heavy atom. The quantitative estimate of drug-likeness (QED) is 0.164. The van der Waals surface area contributed by atoms with Crippen molar-refractivity contribution in [2.24, 2.45) is 17.6 Å². The molecule has 422 valence electrons. The normalized spacial score (nSPS) is 43.2. The van der Waals surface area contributed by atoms with Crippen LogP contribution in [0.2, 0.25) is 0 Å². The molecule has 2 bridgehead atoms. The molecule has 15 unspecified atom stereocenters. The molecule has 3 saturated heterocycles. The molecule has 13 N–H and O–H groups in total. The van der Waals surface area contributed by atoms with Gasteiger partial charge in [0.25, 0.3) is 0 Å². The fourth-order valence-electron chi connectivity index (χ4n) is 9.06. The number of esters is 1. The van der Waals surface area contributed by atoms with Crippen LogP contribution >= 0.6 is 0 Å². The maximum absolute atomic E-state index is 13.1. The smallest absolute Gasteiger partial charge is 0.314 e. The zero-order chi connectivity index (χ0) is 55.4. The van der Waals surface area contributed by atoms with Crippen molar-refractivity contribution in [2.75, 3.05) is 13.7 Å². The molecule has 75 heavy (non-hydrogen) atoms. The predicted octanol–water partition coefficient (Wildman–Crippen LogP) is 0.217. The number of hydrogen-bond acceptors (Lipinski definition) is 20. The number of allylic oxidation sites excluding steroid dienone is 12. The van der Waals surface area contributed by atoms with Crippen LogP contribution in [0.4, 0.5) is 4.79 Å². The Bertz CT molecular complexity index is 2030. The van der Waals surface area contributed by atoms with Crippen LogP contribution < -0.4 is 16.4 Å². The Balaban J connectivity index is 1.58. The summed E-state index contributed by atoms with van der Waals surface area (Å²) in [5.41, 5.74) is 6.00. The van der Waals surface area contributed by atoms with Crippen LogP contribution in [0.25, 0.3) is 0 Å². The summed E-state index contributed by atoms with van der Waals surface area (Å²) in [6.07, 6.45) is 2.66. The van der Waals surface area contributed by atoms with Crippen molar-refractivity contribution in [3.05, 3.63) is 85.1 Å². The highest BCUT2D eigenvalue weighted by molar-refractivity contribution is 5.84. The number of fused-ring (bicyclic) bond motifs is 2. The Hall–Kier alpha value is -4.34. The molecule has 0 aromatic rings. The van der Waals surface area contributed by atoms with Crippen molar-refractivity contribution >= 4 is 23.6 Å². The van der Waals surface area contributed by atoms with E-state index in [0.29, 0.717) is 0 Å². The van der Waals surface area contributed by atoms with Gasteiger partial charge >= 0.3 is 12.0 Å². The van der Waals surface area contributed by atoms with Gasteiger partial charge in [0.1, 0.15) is 24.1 Å². The van der Waals surface area contributed by atoms with Gasteiger partial charge in [0.2, 0.25) is 0 Å². The Morgan fingerprint density at radius 1 is 0.720 bits per heavy atom. The lowest BCUT2D eigenvalue weighted by atomic mass is 9.87. The van der Waals surface area contributed by atoms with Gasteiger partial charge in [0.15, 0.2) is 24.2 Å². The minimum atomic E-state index is -2.31. The fourth-order valence-corrected chi connectivity index (χ4v) is 9.06. The molecule has 0 saturated carbocycles. The van der Waals surface area contributed by atoms with Gasteiger partial charge in [-0.05, 0) is 20.3 Å². The Labute approximate surface area is 438 Å². The summed E-state index contributed by atoms with van der Waals surface area (Å²) >= 11 is 0. The van der Waals surface area contributed by atoms with Crippen molar-refractivity contribution in [3.8, 4) is 0 Å². The summed E-state index contributed by atoms with van der Waals surface area (Å²) in [6.45, 7) is 6.65. The number of hydrogen-bond donors (Lipinski definition) is 12. The number of aliphatic hydroxyl groups excluding tert-OH is 8. The average molecular weight is 1060 g/mol. The minimum Gasteiger partial charge on any atom is -0.462 e. The van der Waals surface area contributed by atoms with Crippen molar-refractivity contribution in [1.82, 2.24) is 10.6 Å². The second-order valence-electron chi connectivity index (χ2n) is 19.8. The molecule has 2 amide bonds. The third-order valence-electron chi connectivity index (χ3n) is 13.5. The standard InChI is InChI=1S/C53H81N3O19/c1-30-18-16-14-12-10-8-6-7-9-11-13-15-17-19-37(73-51-49(67)46(54)42(64)29-70-51)25-43-47(56-52(68)55-5)41(63)28-53(69,75-43)27-40(62)38(60)21-20-34(57)22-35(58)23-36(59)24-44(65)71-32(3)31(2)50(30)74-45-26-39(61)48(66)33(4)72-45/h6-19,30-33,35-38,40-43,45-51,58-60,62-64,66-67,69H,20-29,54H2,1-5H3,(H2,55,56,68)/b7-6+,10-8+,11-9+,14-12+,15-13+,18-16+,19-17+/t30?,31?,32?,33-,35?,36?,37?,38?,40?,41?,42+,43?,45?,46-,47?,48-,49-,50?,51?,53?/m0/s1. The first kappa shape index (κ1) is 63.2. The molecular weight excluding hydrogens is 983 g/mol. The largest absolute Gasteiger partial charge is 0.462 e. The molecule has 4 aliphatic heterocycles. The number of nitrogens with one attached hydrogen (secondary N) is 2. The monoisotopic (exact) mass is 1060 g/mol. The third kappa shape index (κ3) is 20.9. The average Bonchev–Trinajstić information content (AvgIpc) is 3.34. The van der Waals surface area contributed by atoms with Gasteiger partial charge in [-0.25, -0.2) is 4.79 Å². The molecule has 4 rings (SSSR count). The number of aliphatic hydroxyl groups is 9. The highest BCUT2D eigenvalue weighted by atomic mass is 16.7. The number of amides is 2. The lowest BCUT2D eigenvalue weighted by Crippen LogP contribution is -2.63. The van der Waals surface area contributed by atoms with E-state index in [0.717, 1.165) is 0 Å². The van der Waals surface area contributed by atoms with Crippen molar-refractivity contribution in [1.29, 1.82) is 0 Å². The second kappa shape index (κ2) is 31.2. The first-order valence-electron chi connectivity index (χ1n) is 25.6. The molecule has 22 nitrogen and oxygen atoms in total. The Morgan fingerprint density at radius 3 is 1.92 bits per heavy atom. The summed E-state index contributed by atoms with van der Waals surface area (Å²) < 4.78 is 35.6. The van der Waals surface area contributed by atoms with E-state index < -0.39 is 165 Å². The van der Waals surface area contributed by atoms with Gasteiger partial charge in [0.05, 0.1) is 92.6 Å². The first-order chi connectivity index (χ1) is 35.5. The molecule has 0 aromatic carbocycles. The van der Waals surface area contributed by atoms with Crippen LogP contribution in [0.3, 0.4) is 0 Å². The highest BCUT2D eigenvalue weighted by Gasteiger charge is 2.49. The summed E-state index contributed by atoms with van der Waals surface area (Å²) in [6, 6.07) is -2.98. The third-order valence-corrected chi connectivity index (χ3v) is 13.5. The molecule has 22 heteroatoms. The number of rotatable bonds is 5. The predicted molar refractivity (Wildman–Crippen MR) is 270 cm³/mol. The van der Waals surface area contributed by atoms with E-state index in [4.69, 9.17) is 34.2 Å². The number of carbonyl (C=O) groups is 4. The number of ketones is 2. The zero-order valence-corrected chi connectivity index (χ0v) is 43.3. The van der Waals surface area contributed by atoms with Gasteiger partial charge in [-0.1, -0.05) is 98.9 Å². The van der Waals surface area contributed by atoms with E-state index in [1.54, 1.807) is 93.7 Å². The van der Waals surface area contributed by atoms with Crippen LogP contribution in [-0.2, 0) is 42.8 Å². The number of carbonyl (C=O) groups excluding carboxylic acids is 4. The molecule has 3 fully saturated rings. The van der Waals surface area contributed by atoms with E-state index >= 15 is 0 Å². The maximum atomic E-state index is 13.1. The molecule has 0 aliphatic carbocycles. The summed E-state index contributed by atoms with van der Waals surface area (Å²) in [5, 5.41) is 103. The first-order valence-corrected chi connectivity index (χ1v) is 25.6. The van der Waals surface area contributed by atoms with Gasteiger partial charge < -0.3 is 90.7 Å². The molecule has 4 heterocycles. The van der Waals surface area contributed by atoms with E-state index in [9.17, 15) is 65.1 Å². The molecule has 4 aliphatic rings. The number of nitrogens with two attached hydrogens (primary N) is 1. The van der Waals surface area contributed by atoms with Crippen LogP contribution in [-0.4, -0.2) is 193 Å². The summed E-state index contributed by atoms with van der Waals surface area (Å²) in [5.74, 6) is -4.86. The van der Waals surface area contributed by atoms with E-state index in [-0.39, 0.29) is 44.6 Å². The topological polar surface area (TPSA) is 356 Å². The SMILES string of the molecule is CNC(=O)NC1C(O)CC2(O)CC(O)C(O)CCC(=O)CC(O)CC(O)CC(=O)OC(C)C(C)C(OC3CC(=O)[C@@H](O)[C@H](C)O3)C(C)/C=C/C=C/C=C/C=C/C=C/C=C/C=C/C(OC3OC[C@@H](O)[C@H](N)[C@@H]3O)CC1O2. The number of ether oxygens (including phenoxy) is 6. The summed E-state index contributed by atoms with van der Waals surface area (Å²) in [7, 11) is 1.35. The molecular formula is C53H81N3O19. The second-order valence-corrected chi connectivity index (χ2v) is 19.8. The van der Waals surface area contributed by atoms with Crippen molar-refractivity contribution < 1.29 is 93.6 Å². The van der Waals surface area contributed by atoms with Gasteiger partial charge in [0, 0.05) is 57.4 Å². The van der Waals surface area contributed by atoms with Crippen LogP contribution in [0.1, 0.15) is 85.5 Å². The van der Waals surface area contributed by atoms with Crippen LogP contribution in [0, 0.1) is 11.8 Å². The van der Waals surface area contributed by atoms with Gasteiger partial charge in [-0.2, -0.15) is 0 Å². The van der Waals surface area contributed by atoms with Crippen molar-refractivity contribution in [3.63, 3.8) is 0 Å². The van der Waals surface area contributed by atoms with Crippen LogP contribution in [0.15, 0.2) is 85.1 Å². The molecule has 0 spiro atoms. The zero-order valence-electron chi connectivity index (χ0n) is 43.3. The van der Waals surface area contributed by atoms with E-state index in [1.165, 1.54) is 7.05 Å². The molecule has 0 aromatic heterocycles. The van der Waals surface area contributed by atoms with Gasteiger partial charge in [-0.15, -0.1) is 0 Å². The van der Waals surface area contributed by atoms with Crippen molar-refractivity contribution in [2.45, 2.75) is 195 Å². The van der Waals surface area contributed by atoms with Crippen LogP contribution in [0.5, 0.6) is 0 Å². The van der Waals surface area contributed by atoms with E-state index in [2.05, 4.69) is 10.6 Å². The Kier molecular flexibility index (Phi) is 26.3. The highest BCUT2D eigenvalue weighted by Crippen LogP contribution is 2.35. The molecule has 0 radical (unpaired) electrons. The minimum absolute atomic E-state index is 0.184. The lowest BCUT2D eigenvalue weighted by molar-refractivity contribution is -0.300.